The fraction of sp³-hybridized carbons (Fsp3) is 0.286. The van der Waals surface area contributed by atoms with Crippen molar-refractivity contribution < 1.29 is 0 Å². The lowest BCUT2D eigenvalue weighted by molar-refractivity contribution is 0.555. The number of hydrogen-bond donors (Lipinski definition) is 2. The van der Waals surface area contributed by atoms with E-state index in [1.165, 1.54) is 16.5 Å². The van der Waals surface area contributed by atoms with E-state index in [1.54, 1.807) is 0 Å². The molecule has 84 valence electrons. The third kappa shape index (κ3) is 2.34. The zero-order valence-electron chi connectivity index (χ0n) is 9.66. The molecule has 2 aromatic rings. The SMILES string of the molecule is C=CCC(C)NCc1cccc2cc[nH]c12. The first-order chi connectivity index (χ1) is 7.81. The Hall–Kier alpha value is -1.54. The van der Waals surface area contributed by atoms with Crippen LogP contribution in [0, 0.1) is 0 Å². The summed E-state index contributed by atoms with van der Waals surface area (Å²) < 4.78 is 0. The molecule has 0 amide bonds. The van der Waals surface area contributed by atoms with E-state index in [2.05, 4.69) is 48.1 Å². The van der Waals surface area contributed by atoms with Crippen LogP contribution >= 0.6 is 0 Å². The number of rotatable bonds is 5. The standard InChI is InChI=1S/C14H18N2/c1-3-5-11(2)16-10-13-7-4-6-12-8-9-15-14(12)13/h3-4,6-9,11,15-16H,1,5,10H2,2H3. The van der Waals surface area contributed by atoms with Gasteiger partial charge in [-0.2, -0.15) is 0 Å². The molecule has 2 rings (SSSR count). The molecule has 0 bridgehead atoms. The summed E-state index contributed by atoms with van der Waals surface area (Å²) in [6.45, 7) is 6.82. The second-order valence-electron chi connectivity index (χ2n) is 4.17. The molecule has 0 radical (unpaired) electrons. The van der Waals surface area contributed by atoms with Crippen LogP contribution in [0.15, 0.2) is 43.1 Å². The summed E-state index contributed by atoms with van der Waals surface area (Å²) in [6.07, 6.45) is 4.94. The normalized spacial score (nSPS) is 12.8. The fourth-order valence-electron chi connectivity index (χ4n) is 1.91. The van der Waals surface area contributed by atoms with Crippen molar-refractivity contribution in [2.24, 2.45) is 0 Å². The van der Waals surface area contributed by atoms with Gasteiger partial charge >= 0.3 is 0 Å². The van der Waals surface area contributed by atoms with E-state index < -0.39 is 0 Å². The van der Waals surface area contributed by atoms with Gasteiger partial charge in [-0.1, -0.05) is 24.3 Å². The summed E-state index contributed by atoms with van der Waals surface area (Å²) in [5.41, 5.74) is 2.55. The average molecular weight is 214 g/mol. The highest BCUT2D eigenvalue weighted by Crippen LogP contribution is 2.16. The molecule has 0 spiro atoms. The number of hydrogen-bond acceptors (Lipinski definition) is 1. The third-order valence-corrected chi connectivity index (χ3v) is 2.83. The van der Waals surface area contributed by atoms with Gasteiger partial charge < -0.3 is 10.3 Å². The Morgan fingerprint density at radius 1 is 1.44 bits per heavy atom. The molecular formula is C14H18N2. The minimum absolute atomic E-state index is 0.475. The van der Waals surface area contributed by atoms with E-state index >= 15 is 0 Å². The Bertz CT molecular complexity index is 470. The van der Waals surface area contributed by atoms with Crippen molar-refractivity contribution in [2.45, 2.75) is 25.9 Å². The molecule has 0 aliphatic carbocycles. The molecule has 0 saturated carbocycles. The van der Waals surface area contributed by atoms with Crippen molar-refractivity contribution in [1.82, 2.24) is 10.3 Å². The average Bonchev–Trinajstić information content (AvgIpc) is 2.75. The third-order valence-electron chi connectivity index (χ3n) is 2.83. The highest BCUT2D eigenvalue weighted by molar-refractivity contribution is 5.82. The topological polar surface area (TPSA) is 27.8 Å². The van der Waals surface area contributed by atoms with Crippen molar-refractivity contribution in [1.29, 1.82) is 0 Å². The molecule has 1 aromatic heterocycles. The monoisotopic (exact) mass is 214 g/mol. The van der Waals surface area contributed by atoms with E-state index in [9.17, 15) is 0 Å². The van der Waals surface area contributed by atoms with Gasteiger partial charge in [0, 0.05) is 24.3 Å². The first-order valence-electron chi connectivity index (χ1n) is 5.70. The number of aromatic nitrogens is 1. The number of para-hydroxylation sites is 1. The van der Waals surface area contributed by atoms with Crippen LogP contribution < -0.4 is 5.32 Å². The molecule has 0 aliphatic rings. The van der Waals surface area contributed by atoms with Crippen LogP contribution in [-0.2, 0) is 6.54 Å². The van der Waals surface area contributed by atoms with Crippen LogP contribution in [0.1, 0.15) is 18.9 Å². The van der Waals surface area contributed by atoms with Crippen molar-refractivity contribution in [2.75, 3.05) is 0 Å². The fourth-order valence-corrected chi connectivity index (χ4v) is 1.91. The van der Waals surface area contributed by atoms with E-state index in [1.807, 2.05) is 12.3 Å². The van der Waals surface area contributed by atoms with Gasteiger partial charge in [0.1, 0.15) is 0 Å². The molecule has 2 heteroatoms. The Labute approximate surface area is 96.4 Å². The summed E-state index contributed by atoms with van der Waals surface area (Å²) in [5, 5.41) is 4.76. The van der Waals surface area contributed by atoms with Crippen LogP contribution in [0.25, 0.3) is 10.9 Å². The van der Waals surface area contributed by atoms with Gasteiger partial charge in [0.05, 0.1) is 0 Å². The van der Waals surface area contributed by atoms with E-state index in [4.69, 9.17) is 0 Å². The van der Waals surface area contributed by atoms with Crippen molar-refractivity contribution >= 4 is 10.9 Å². The van der Waals surface area contributed by atoms with Gasteiger partial charge in [-0.05, 0) is 30.4 Å². The Balaban J connectivity index is 2.09. The highest BCUT2D eigenvalue weighted by Gasteiger charge is 2.03. The molecule has 2 N–H and O–H groups in total. The zero-order valence-corrected chi connectivity index (χ0v) is 9.66. The quantitative estimate of drug-likeness (QED) is 0.735. The van der Waals surface area contributed by atoms with E-state index in [0.29, 0.717) is 6.04 Å². The first-order valence-corrected chi connectivity index (χ1v) is 5.70. The Morgan fingerprint density at radius 3 is 3.12 bits per heavy atom. The molecule has 0 fully saturated rings. The molecule has 0 saturated heterocycles. The molecule has 1 unspecified atom stereocenters. The molecule has 1 aromatic carbocycles. The van der Waals surface area contributed by atoms with Gasteiger partial charge in [-0.25, -0.2) is 0 Å². The lowest BCUT2D eigenvalue weighted by Gasteiger charge is -2.12. The van der Waals surface area contributed by atoms with Crippen LogP contribution in [-0.4, -0.2) is 11.0 Å². The van der Waals surface area contributed by atoms with Gasteiger partial charge in [0.15, 0.2) is 0 Å². The summed E-state index contributed by atoms with van der Waals surface area (Å²) >= 11 is 0. The van der Waals surface area contributed by atoms with Gasteiger partial charge in [0.25, 0.3) is 0 Å². The van der Waals surface area contributed by atoms with Crippen LogP contribution in [0.2, 0.25) is 0 Å². The minimum atomic E-state index is 0.475. The number of H-pyrrole nitrogens is 1. The molecule has 1 heterocycles. The molecule has 0 aliphatic heterocycles. The van der Waals surface area contributed by atoms with E-state index in [-0.39, 0.29) is 0 Å². The lowest BCUT2D eigenvalue weighted by Crippen LogP contribution is -2.24. The largest absolute Gasteiger partial charge is 0.361 e. The second kappa shape index (κ2) is 4.99. The molecular weight excluding hydrogens is 196 g/mol. The van der Waals surface area contributed by atoms with Crippen LogP contribution in [0.3, 0.4) is 0 Å². The summed E-state index contributed by atoms with van der Waals surface area (Å²) in [6, 6.07) is 8.97. The maximum Gasteiger partial charge on any atom is 0.0499 e. The van der Waals surface area contributed by atoms with Crippen LogP contribution in [0.4, 0.5) is 0 Å². The smallest absolute Gasteiger partial charge is 0.0499 e. The number of aromatic amines is 1. The molecule has 1 atom stereocenters. The van der Waals surface area contributed by atoms with Crippen molar-refractivity contribution in [3.8, 4) is 0 Å². The summed E-state index contributed by atoms with van der Waals surface area (Å²) in [4.78, 5) is 3.28. The van der Waals surface area contributed by atoms with Crippen molar-refractivity contribution in [3.63, 3.8) is 0 Å². The van der Waals surface area contributed by atoms with Gasteiger partial charge in [-0.3, -0.25) is 0 Å². The van der Waals surface area contributed by atoms with Gasteiger partial charge in [0.2, 0.25) is 0 Å². The van der Waals surface area contributed by atoms with E-state index in [0.717, 1.165) is 13.0 Å². The Kier molecular flexibility index (Phi) is 3.42. The minimum Gasteiger partial charge on any atom is -0.361 e. The number of nitrogens with one attached hydrogen (secondary N) is 2. The predicted octanol–water partition coefficient (Wildman–Crippen LogP) is 3.22. The zero-order chi connectivity index (χ0) is 11.4. The second-order valence-corrected chi connectivity index (χ2v) is 4.17. The number of benzene rings is 1. The predicted molar refractivity (Wildman–Crippen MR) is 69.4 cm³/mol. The van der Waals surface area contributed by atoms with Crippen LogP contribution in [0.5, 0.6) is 0 Å². The maximum atomic E-state index is 3.75. The molecule has 2 nitrogen and oxygen atoms in total. The maximum absolute atomic E-state index is 3.75. The Morgan fingerprint density at radius 2 is 2.31 bits per heavy atom. The molecule has 16 heavy (non-hydrogen) atoms. The lowest BCUT2D eigenvalue weighted by atomic mass is 10.1. The van der Waals surface area contributed by atoms with Crippen molar-refractivity contribution in [3.05, 3.63) is 48.7 Å². The summed E-state index contributed by atoms with van der Waals surface area (Å²) in [5.74, 6) is 0. The van der Waals surface area contributed by atoms with Gasteiger partial charge in [-0.15, -0.1) is 6.58 Å². The number of fused-ring (bicyclic) bond motifs is 1. The summed E-state index contributed by atoms with van der Waals surface area (Å²) in [7, 11) is 0. The highest BCUT2D eigenvalue weighted by atomic mass is 14.9. The first kappa shape index (κ1) is 11.0.